The highest BCUT2D eigenvalue weighted by atomic mass is 16.5. The van der Waals surface area contributed by atoms with Crippen molar-refractivity contribution in [1.82, 2.24) is 0 Å². The van der Waals surface area contributed by atoms with Gasteiger partial charge < -0.3 is 4.74 Å². The van der Waals surface area contributed by atoms with Crippen LogP contribution < -0.4 is 5.32 Å². The first-order chi connectivity index (χ1) is 7.83. The molecule has 1 aromatic carbocycles. The molecular formula is C13H17NO2. The lowest BCUT2D eigenvalue weighted by molar-refractivity contribution is 0.176. The fourth-order valence-electron chi connectivity index (χ4n) is 0.849. The van der Waals surface area contributed by atoms with E-state index in [1.165, 1.54) is 0 Å². The van der Waals surface area contributed by atoms with E-state index in [2.05, 4.69) is 17.2 Å². The number of carbonyl (C=O) groups is 1. The summed E-state index contributed by atoms with van der Waals surface area (Å²) < 4.78 is 4.76. The number of benzene rings is 1. The first-order valence-electron chi connectivity index (χ1n) is 5.21. The van der Waals surface area contributed by atoms with Crippen LogP contribution in [0.15, 0.2) is 30.3 Å². The molecule has 0 unspecified atom stereocenters. The standard InChI is InChI=1S/C11H11NO2.C2H6/c1-2-3-9-14-11(13)12-10-7-5-4-6-8-10;1-2/h4-8H,9H2,1H3,(H,12,13);1-2H3. The Hall–Kier alpha value is -1.95. The molecule has 3 heteroatoms. The molecule has 16 heavy (non-hydrogen) atoms. The monoisotopic (exact) mass is 219 g/mol. The van der Waals surface area contributed by atoms with Crippen molar-refractivity contribution in [3.05, 3.63) is 30.3 Å². The third-order valence-electron chi connectivity index (χ3n) is 1.47. The highest BCUT2D eigenvalue weighted by molar-refractivity contribution is 5.84. The van der Waals surface area contributed by atoms with Gasteiger partial charge in [0.2, 0.25) is 0 Å². The molecule has 0 radical (unpaired) electrons. The minimum Gasteiger partial charge on any atom is -0.436 e. The first-order valence-corrected chi connectivity index (χ1v) is 5.21. The summed E-state index contributed by atoms with van der Waals surface area (Å²) >= 11 is 0. The van der Waals surface area contributed by atoms with Crippen LogP contribution in [-0.4, -0.2) is 12.7 Å². The number of carbonyl (C=O) groups excluding carboxylic acids is 1. The van der Waals surface area contributed by atoms with Gasteiger partial charge in [0.1, 0.15) is 0 Å². The molecule has 1 rings (SSSR count). The zero-order valence-electron chi connectivity index (χ0n) is 9.91. The molecule has 3 nitrogen and oxygen atoms in total. The number of rotatable bonds is 2. The molecule has 86 valence electrons. The second kappa shape index (κ2) is 9.60. The lowest BCUT2D eigenvalue weighted by Gasteiger charge is -2.03. The largest absolute Gasteiger partial charge is 0.436 e. The summed E-state index contributed by atoms with van der Waals surface area (Å²) in [5.41, 5.74) is 0.710. The van der Waals surface area contributed by atoms with Crippen LogP contribution in [0.2, 0.25) is 0 Å². The van der Waals surface area contributed by atoms with Crippen LogP contribution in [0.5, 0.6) is 0 Å². The van der Waals surface area contributed by atoms with Gasteiger partial charge in [0.25, 0.3) is 0 Å². The number of hydrogen-bond donors (Lipinski definition) is 1. The molecule has 0 heterocycles. The number of hydrogen-bond acceptors (Lipinski definition) is 2. The van der Waals surface area contributed by atoms with E-state index in [0.717, 1.165) is 0 Å². The maximum Gasteiger partial charge on any atom is 0.412 e. The summed E-state index contributed by atoms with van der Waals surface area (Å²) in [6.07, 6.45) is -0.487. The Balaban J connectivity index is 0.00000106. The minimum absolute atomic E-state index is 0.120. The highest BCUT2D eigenvalue weighted by Gasteiger charge is 1.99. The average molecular weight is 219 g/mol. The van der Waals surface area contributed by atoms with Crippen LogP contribution in [0.3, 0.4) is 0 Å². The quantitative estimate of drug-likeness (QED) is 0.775. The molecule has 0 aromatic heterocycles. The van der Waals surface area contributed by atoms with E-state index in [1.54, 1.807) is 19.1 Å². The molecule has 0 atom stereocenters. The molecule has 0 spiro atoms. The van der Waals surface area contributed by atoms with Crippen LogP contribution in [-0.2, 0) is 4.74 Å². The Morgan fingerprint density at radius 3 is 2.50 bits per heavy atom. The zero-order chi connectivity index (χ0) is 12.2. The topological polar surface area (TPSA) is 38.3 Å². The smallest absolute Gasteiger partial charge is 0.412 e. The number of amides is 1. The van der Waals surface area contributed by atoms with Crippen molar-refractivity contribution in [2.45, 2.75) is 20.8 Å². The maximum atomic E-state index is 11.1. The second-order valence-corrected chi connectivity index (χ2v) is 2.49. The van der Waals surface area contributed by atoms with Gasteiger partial charge in [-0.05, 0) is 19.1 Å². The Bertz CT molecular complexity index is 349. The van der Waals surface area contributed by atoms with Crippen LogP contribution in [0, 0.1) is 11.8 Å². The Morgan fingerprint density at radius 2 is 1.94 bits per heavy atom. The lowest BCUT2D eigenvalue weighted by atomic mass is 10.3. The van der Waals surface area contributed by atoms with Crippen LogP contribution >= 0.6 is 0 Å². The summed E-state index contributed by atoms with van der Waals surface area (Å²) in [4.78, 5) is 11.1. The van der Waals surface area contributed by atoms with Gasteiger partial charge in [-0.1, -0.05) is 38.0 Å². The molecule has 0 bridgehead atoms. The molecule has 1 aromatic rings. The normalized spacial score (nSPS) is 7.69. The first kappa shape index (κ1) is 14.1. The van der Waals surface area contributed by atoms with Crippen molar-refractivity contribution in [2.75, 3.05) is 11.9 Å². The lowest BCUT2D eigenvalue weighted by Crippen LogP contribution is -2.13. The van der Waals surface area contributed by atoms with E-state index in [0.29, 0.717) is 5.69 Å². The van der Waals surface area contributed by atoms with Crippen molar-refractivity contribution in [2.24, 2.45) is 0 Å². The molecule has 0 fully saturated rings. The third kappa shape index (κ3) is 6.50. The van der Waals surface area contributed by atoms with Crippen LogP contribution in [0.1, 0.15) is 20.8 Å². The van der Waals surface area contributed by atoms with Crippen LogP contribution in [0.25, 0.3) is 0 Å². The predicted molar refractivity (Wildman–Crippen MR) is 66.2 cm³/mol. The minimum atomic E-state index is -0.487. The molecule has 0 aliphatic rings. The van der Waals surface area contributed by atoms with Crippen molar-refractivity contribution in [1.29, 1.82) is 0 Å². The van der Waals surface area contributed by atoms with Gasteiger partial charge in [-0.3, -0.25) is 5.32 Å². The average Bonchev–Trinajstić information content (AvgIpc) is 2.33. The van der Waals surface area contributed by atoms with Gasteiger partial charge in [0.05, 0.1) is 0 Å². The van der Waals surface area contributed by atoms with Gasteiger partial charge in [0.15, 0.2) is 6.61 Å². The van der Waals surface area contributed by atoms with Crippen molar-refractivity contribution in [3.8, 4) is 11.8 Å². The second-order valence-electron chi connectivity index (χ2n) is 2.49. The fourth-order valence-corrected chi connectivity index (χ4v) is 0.849. The molecule has 0 aliphatic carbocycles. The van der Waals surface area contributed by atoms with Gasteiger partial charge in [-0.2, -0.15) is 0 Å². The fraction of sp³-hybridized carbons (Fsp3) is 0.308. The van der Waals surface area contributed by atoms with Gasteiger partial charge in [-0.25, -0.2) is 4.79 Å². The molecular weight excluding hydrogens is 202 g/mol. The molecule has 1 N–H and O–H groups in total. The van der Waals surface area contributed by atoms with E-state index in [-0.39, 0.29) is 6.61 Å². The number of ether oxygens (including phenoxy) is 1. The number of nitrogens with one attached hydrogen (secondary N) is 1. The summed E-state index contributed by atoms with van der Waals surface area (Å²) in [5.74, 6) is 5.26. The van der Waals surface area contributed by atoms with Gasteiger partial charge in [0, 0.05) is 5.69 Å². The summed E-state index contributed by atoms with van der Waals surface area (Å²) in [5, 5.41) is 2.57. The molecule has 0 aliphatic heterocycles. The third-order valence-corrected chi connectivity index (χ3v) is 1.47. The van der Waals surface area contributed by atoms with E-state index < -0.39 is 6.09 Å². The molecule has 0 saturated heterocycles. The molecule has 1 amide bonds. The summed E-state index contributed by atoms with van der Waals surface area (Å²) in [6.45, 7) is 5.81. The van der Waals surface area contributed by atoms with Crippen molar-refractivity contribution in [3.63, 3.8) is 0 Å². The number of anilines is 1. The predicted octanol–water partition coefficient (Wildman–Crippen LogP) is 3.28. The number of para-hydroxylation sites is 1. The maximum absolute atomic E-state index is 11.1. The summed E-state index contributed by atoms with van der Waals surface area (Å²) in [7, 11) is 0. The van der Waals surface area contributed by atoms with E-state index in [9.17, 15) is 4.79 Å². The van der Waals surface area contributed by atoms with Crippen molar-refractivity contribution >= 4 is 11.8 Å². The SMILES string of the molecule is CC.CC#CCOC(=O)Nc1ccccc1. The summed E-state index contributed by atoms with van der Waals surface area (Å²) in [6, 6.07) is 9.11. The zero-order valence-corrected chi connectivity index (χ0v) is 9.91. The Morgan fingerprint density at radius 1 is 1.31 bits per heavy atom. The molecule has 0 saturated carbocycles. The highest BCUT2D eigenvalue weighted by Crippen LogP contribution is 2.04. The Labute approximate surface area is 96.8 Å². The van der Waals surface area contributed by atoms with Crippen LogP contribution in [0.4, 0.5) is 10.5 Å². The van der Waals surface area contributed by atoms with E-state index >= 15 is 0 Å². The van der Waals surface area contributed by atoms with Crippen molar-refractivity contribution < 1.29 is 9.53 Å². The Kier molecular flexibility index (Phi) is 8.43. The van der Waals surface area contributed by atoms with Gasteiger partial charge >= 0.3 is 6.09 Å². The van der Waals surface area contributed by atoms with Gasteiger partial charge in [-0.15, -0.1) is 5.92 Å². The van der Waals surface area contributed by atoms with E-state index in [1.807, 2.05) is 32.0 Å². The van der Waals surface area contributed by atoms with E-state index in [4.69, 9.17) is 4.74 Å².